The average molecular weight is 235 g/mol. The third kappa shape index (κ3) is 2.41. The van der Waals surface area contributed by atoms with Crippen LogP contribution in [0.5, 0.6) is 0 Å². The van der Waals surface area contributed by atoms with Crippen LogP contribution >= 0.6 is 11.6 Å². The van der Waals surface area contributed by atoms with E-state index < -0.39 is 16.8 Å². The van der Waals surface area contributed by atoms with Crippen LogP contribution < -0.4 is 5.73 Å². The van der Waals surface area contributed by atoms with Crippen molar-refractivity contribution in [2.24, 2.45) is 5.73 Å². The summed E-state index contributed by atoms with van der Waals surface area (Å²) in [5.41, 5.74) is 4.09. The molecule has 80 valence electrons. The molecule has 2 nitrogen and oxygen atoms in total. The molecule has 0 aromatic heterocycles. The molecule has 0 unspecified atom stereocenters. The smallest absolute Gasteiger partial charge is 0.326 e. The molecule has 1 aromatic carbocycles. The summed E-state index contributed by atoms with van der Waals surface area (Å²) in [7, 11) is 0. The number of alkyl halides is 3. The molecule has 0 aliphatic heterocycles. The van der Waals surface area contributed by atoms with E-state index in [1.165, 1.54) is 0 Å². The van der Waals surface area contributed by atoms with E-state index in [2.05, 4.69) is 0 Å². The zero-order chi connectivity index (χ0) is 11.6. The zero-order valence-corrected chi connectivity index (χ0v) is 8.15. The first-order valence-electron chi connectivity index (χ1n) is 3.90. The van der Waals surface area contributed by atoms with E-state index in [1.54, 1.807) is 6.07 Å². The van der Waals surface area contributed by atoms with E-state index in [-0.39, 0.29) is 17.7 Å². The third-order valence-electron chi connectivity index (χ3n) is 1.80. The molecular formula is C9H6ClF3N2. The first-order chi connectivity index (χ1) is 6.90. The second kappa shape index (κ2) is 4.09. The highest BCUT2D eigenvalue weighted by Gasteiger charge is 2.35. The Kier molecular flexibility index (Phi) is 3.22. The predicted octanol–water partition coefficient (Wildman–Crippen LogP) is 2.69. The van der Waals surface area contributed by atoms with Crippen molar-refractivity contribution < 1.29 is 13.2 Å². The van der Waals surface area contributed by atoms with E-state index in [1.807, 2.05) is 0 Å². The standard InChI is InChI=1S/C9H6ClF3N2/c10-7-2-5(3-14)1-6(4-15)8(7)9(11,12)13/h1-2H,4,15H2. The Hall–Kier alpha value is -1.25. The number of nitriles is 1. The molecule has 0 fully saturated rings. The Morgan fingerprint density at radius 2 is 2.00 bits per heavy atom. The van der Waals surface area contributed by atoms with Gasteiger partial charge in [0.1, 0.15) is 0 Å². The Bertz CT molecular complexity index is 421. The van der Waals surface area contributed by atoms with Crippen molar-refractivity contribution in [3.05, 3.63) is 33.8 Å². The maximum absolute atomic E-state index is 12.5. The second-order valence-corrected chi connectivity index (χ2v) is 3.21. The molecule has 0 radical (unpaired) electrons. The fraction of sp³-hybridized carbons (Fsp3) is 0.222. The SMILES string of the molecule is N#Cc1cc(Cl)c(C(F)(F)F)c(CN)c1. The van der Waals surface area contributed by atoms with Gasteiger partial charge in [0.15, 0.2) is 0 Å². The lowest BCUT2D eigenvalue weighted by molar-refractivity contribution is -0.138. The van der Waals surface area contributed by atoms with Crippen LogP contribution in [-0.4, -0.2) is 0 Å². The Balaban J connectivity index is 3.46. The van der Waals surface area contributed by atoms with E-state index >= 15 is 0 Å². The molecule has 0 amide bonds. The number of nitrogens with zero attached hydrogens (tertiary/aromatic N) is 1. The first kappa shape index (κ1) is 11.8. The van der Waals surface area contributed by atoms with Crippen molar-refractivity contribution in [3.8, 4) is 6.07 Å². The molecule has 0 aliphatic carbocycles. The van der Waals surface area contributed by atoms with Gasteiger partial charge in [-0.2, -0.15) is 18.4 Å². The highest BCUT2D eigenvalue weighted by Crippen LogP contribution is 2.37. The minimum absolute atomic E-state index is 0.0634. The van der Waals surface area contributed by atoms with Crippen molar-refractivity contribution in [1.82, 2.24) is 0 Å². The maximum atomic E-state index is 12.5. The van der Waals surface area contributed by atoms with Gasteiger partial charge in [-0.05, 0) is 17.7 Å². The molecule has 0 aliphatic rings. The number of hydrogen-bond donors (Lipinski definition) is 1. The van der Waals surface area contributed by atoms with Gasteiger partial charge in [0.2, 0.25) is 0 Å². The summed E-state index contributed by atoms with van der Waals surface area (Å²) in [6.07, 6.45) is -4.56. The minimum Gasteiger partial charge on any atom is -0.326 e. The van der Waals surface area contributed by atoms with Gasteiger partial charge in [0.25, 0.3) is 0 Å². The second-order valence-electron chi connectivity index (χ2n) is 2.81. The van der Waals surface area contributed by atoms with Gasteiger partial charge in [-0.1, -0.05) is 11.6 Å². The molecule has 6 heteroatoms. The third-order valence-corrected chi connectivity index (χ3v) is 2.10. The number of benzene rings is 1. The van der Waals surface area contributed by atoms with Gasteiger partial charge in [0.05, 0.1) is 22.2 Å². The highest BCUT2D eigenvalue weighted by molar-refractivity contribution is 6.31. The quantitative estimate of drug-likeness (QED) is 0.812. The monoisotopic (exact) mass is 234 g/mol. The summed E-state index contributed by atoms with van der Waals surface area (Å²) in [6.45, 7) is -0.315. The summed E-state index contributed by atoms with van der Waals surface area (Å²) >= 11 is 5.45. The Morgan fingerprint density at radius 3 is 2.40 bits per heavy atom. The average Bonchev–Trinajstić information content (AvgIpc) is 2.14. The van der Waals surface area contributed by atoms with E-state index in [0.29, 0.717) is 0 Å². The Labute approximate surface area is 89.1 Å². The summed E-state index contributed by atoms with van der Waals surface area (Å²) in [4.78, 5) is 0. The molecule has 2 N–H and O–H groups in total. The molecule has 0 saturated carbocycles. The summed E-state index contributed by atoms with van der Waals surface area (Å²) in [6, 6.07) is 3.78. The maximum Gasteiger partial charge on any atom is 0.418 e. The fourth-order valence-electron chi connectivity index (χ4n) is 1.21. The normalized spacial score (nSPS) is 11.2. The van der Waals surface area contributed by atoms with Crippen molar-refractivity contribution in [3.63, 3.8) is 0 Å². The van der Waals surface area contributed by atoms with Crippen LogP contribution in [0.25, 0.3) is 0 Å². The van der Waals surface area contributed by atoms with Crippen LogP contribution in [-0.2, 0) is 12.7 Å². The molecule has 0 spiro atoms. The molecule has 1 rings (SSSR count). The number of hydrogen-bond acceptors (Lipinski definition) is 2. The van der Waals surface area contributed by atoms with Gasteiger partial charge in [-0.15, -0.1) is 0 Å². The predicted molar refractivity (Wildman–Crippen MR) is 49.1 cm³/mol. The zero-order valence-electron chi connectivity index (χ0n) is 7.40. The topological polar surface area (TPSA) is 49.8 Å². The molecule has 0 bridgehead atoms. The molecular weight excluding hydrogens is 229 g/mol. The van der Waals surface area contributed by atoms with Gasteiger partial charge in [0, 0.05) is 6.54 Å². The van der Waals surface area contributed by atoms with Crippen molar-refractivity contribution in [2.45, 2.75) is 12.7 Å². The lowest BCUT2D eigenvalue weighted by Crippen LogP contribution is -2.13. The van der Waals surface area contributed by atoms with Gasteiger partial charge >= 0.3 is 6.18 Å². The number of nitrogens with two attached hydrogens (primary N) is 1. The van der Waals surface area contributed by atoms with Crippen LogP contribution in [0.1, 0.15) is 16.7 Å². The summed E-state index contributed by atoms with van der Waals surface area (Å²) in [5.74, 6) is 0. The molecule has 1 aromatic rings. The van der Waals surface area contributed by atoms with Crippen molar-refractivity contribution in [1.29, 1.82) is 5.26 Å². The fourth-order valence-corrected chi connectivity index (χ4v) is 1.55. The van der Waals surface area contributed by atoms with Crippen molar-refractivity contribution >= 4 is 11.6 Å². The first-order valence-corrected chi connectivity index (χ1v) is 4.27. The van der Waals surface area contributed by atoms with E-state index in [0.717, 1.165) is 12.1 Å². The molecule has 0 atom stereocenters. The van der Waals surface area contributed by atoms with E-state index in [4.69, 9.17) is 22.6 Å². The van der Waals surface area contributed by atoms with Gasteiger partial charge < -0.3 is 5.73 Å². The van der Waals surface area contributed by atoms with E-state index in [9.17, 15) is 13.2 Å². The molecule has 0 saturated heterocycles. The van der Waals surface area contributed by atoms with Crippen LogP contribution in [0.2, 0.25) is 5.02 Å². The lowest BCUT2D eigenvalue weighted by atomic mass is 10.0. The van der Waals surface area contributed by atoms with Crippen molar-refractivity contribution in [2.75, 3.05) is 0 Å². The van der Waals surface area contributed by atoms with Gasteiger partial charge in [-0.25, -0.2) is 0 Å². The number of rotatable bonds is 1. The summed E-state index contributed by atoms with van der Waals surface area (Å²) in [5, 5.41) is 8.05. The lowest BCUT2D eigenvalue weighted by Gasteiger charge is -2.13. The minimum atomic E-state index is -4.56. The molecule has 0 heterocycles. The van der Waals surface area contributed by atoms with Gasteiger partial charge in [-0.3, -0.25) is 0 Å². The molecule has 15 heavy (non-hydrogen) atoms. The van der Waals surface area contributed by atoms with Crippen LogP contribution in [0.4, 0.5) is 13.2 Å². The highest BCUT2D eigenvalue weighted by atomic mass is 35.5. The van der Waals surface area contributed by atoms with Crippen LogP contribution in [0, 0.1) is 11.3 Å². The number of halogens is 4. The largest absolute Gasteiger partial charge is 0.418 e. The van der Waals surface area contributed by atoms with Crippen LogP contribution in [0.15, 0.2) is 12.1 Å². The Morgan fingerprint density at radius 1 is 1.40 bits per heavy atom. The summed E-state index contributed by atoms with van der Waals surface area (Å²) < 4.78 is 37.5. The van der Waals surface area contributed by atoms with Crippen LogP contribution in [0.3, 0.4) is 0 Å².